The largest absolute Gasteiger partial charge is 0.457 e. The van der Waals surface area contributed by atoms with E-state index in [0.29, 0.717) is 32.7 Å². The molecule has 0 spiro atoms. The van der Waals surface area contributed by atoms with Crippen LogP contribution in [0.2, 0.25) is 10.0 Å². The first-order valence-corrected chi connectivity index (χ1v) is 8.32. The number of ether oxygens (including phenoxy) is 2. The van der Waals surface area contributed by atoms with Gasteiger partial charge in [0.25, 0.3) is 0 Å². The van der Waals surface area contributed by atoms with E-state index < -0.39 is 5.97 Å². The van der Waals surface area contributed by atoms with Gasteiger partial charge in [0.15, 0.2) is 0 Å². The molecule has 0 saturated heterocycles. The molecule has 3 rings (SSSR count). The van der Waals surface area contributed by atoms with Crippen LogP contribution >= 0.6 is 23.2 Å². The normalized spacial score (nSPS) is 10.3. The Morgan fingerprint density at radius 3 is 2.16 bits per heavy atom. The van der Waals surface area contributed by atoms with Crippen LogP contribution in [0, 0.1) is 0 Å². The van der Waals surface area contributed by atoms with Crippen LogP contribution in [-0.2, 0) is 11.3 Å². The van der Waals surface area contributed by atoms with Crippen LogP contribution in [0.5, 0.6) is 11.5 Å². The first kappa shape index (κ1) is 17.3. The SMILES string of the molecule is O=C(OCc1c(Cl)cccc1Cl)c1ccccc1Oc1ccccc1. The number of para-hydroxylation sites is 2. The van der Waals surface area contributed by atoms with E-state index in [2.05, 4.69) is 0 Å². The average molecular weight is 373 g/mol. The minimum Gasteiger partial charge on any atom is -0.457 e. The van der Waals surface area contributed by atoms with Gasteiger partial charge in [0, 0.05) is 15.6 Å². The molecule has 126 valence electrons. The molecule has 0 aromatic heterocycles. The number of carbonyl (C=O) groups excluding carboxylic acids is 1. The van der Waals surface area contributed by atoms with E-state index in [0.717, 1.165) is 0 Å². The van der Waals surface area contributed by atoms with Crippen molar-refractivity contribution in [2.75, 3.05) is 0 Å². The molecule has 0 atom stereocenters. The van der Waals surface area contributed by atoms with E-state index in [9.17, 15) is 4.79 Å². The number of halogens is 2. The number of carbonyl (C=O) groups is 1. The molecule has 0 amide bonds. The Bertz CT molecular complexity index is 859. The summed E-state index contributed by atoms with van der Waals surface area (Å²) in [6, 6.07) is 21.3. The number of hydrogen-bond acceptors (Lipinski definition) is 3. The minimum absolute atomic E-state index is 0.0169. The summed E-state index contributed by atoms with van der Waals surface area (Å²) in [5.41, 5.74) is 0.898. The van der Waals surface area contributed by atoms with Crippen LogP contribution in [0.25, 0.3) is 0 Å². The Labute approximate surface area is 155 Å². The zero-order valence-corrected chi connectivity index (χ0v) is 14.6. The predicted octanol–water partition coefficient (Wildman–Crippen LogP) is 6.14. The molecule has 0 bridgehead atoms. The molecular weight excluding hydrogens is 359 g/mol. The summed E-state index contributed by atoms with van der Waals surface area (Å²) in [4.78, 5) is 12.5. The smallest absolute Gasteiger partial charge is 0.342 e. The monoisotopic (exact) mass is 372 g/mol. The molecule has 0 radical (unpaired) electrons. The van der Waals surface area contributed by atoms with E-state index in [1.807, 2.05) is 30.3 Å². The molecule has 0 aliphatic carbocycles. The van der Waals surface area contributed by atoms with Crippen LogP contribution in [0.4, 0.5) is 0 Å². The van der Waals surface area contributed by atoms with Gasteiger partial charge in [-0.25, -0.2) is 4.79 Å². The van der Waals surface area contributed by atoms with Gasteiger partial charge in [-0.1, -0.05) is 59.6 Å². The lowest BCUT2D eigenvalue weighted by molar-refractivity contribution is 0.0470. The minimum atomic E-state index is -0.512. The highest BCUT2D eigenvalue weighted by molar-refractivity contribution is 6.35. The van der Waals surface area contributed by atoms with Gasteiger partial charge in [0.05, 0.1) is 0 Å². The zero-order chi connectivity index (χ0) is 17.6. The van der Waals surface area contributed by atoms with E-state index >= 15 is 0 Å². The molecular formula is C20H14Cl2O3. The van der Waals surface area contributed by atoms with Crippen molar-refractivity contribution in [3.8, 4) is 11.5 Å². The second-order valence-corrected chi connectivity index (χ2v) is 6.00. The average Bonchev–Trinajstić information content (AvgIpc) is 2.62. The lowest BCUT2D eigenvalue weighted by Gasteiger charge is -2.12. The molecule has 0 saturated carbocycles. The van der Waals surface area contributed by atoms with E-state index in [1.165, 1.54) is 0 Å². The Kier molecular flexibility index (Phi) is 5.59. The predicted molar refractivity (Wildman–Crippen MR) is 98.5 cm³/mol. The van der Waals surface area contributed by atoms with Gasteiger partial charge in [-0.05, 0) is 36.4 Å². The van der Waals surface area contributed by atoms with Gasteiger partial charge < -0.3 is 9.47 Å². The van der Waals surface area contributed by atoms with Crippen molar-refractivity contribution < 1.29 is 14.3 Å². The molecule has 3 aromatic rings. The maximum Gasteiger partial charge on any atom is 0.342 e. The Hall–Kier alpha value is -2.49. The Morgan fingerprint density at radius 1 is 0.800 bits per heavy atom. The summed E-state index contributed by atoms with van der Waals surface area (Å²) in [6.45, 7) is -0.0169. The summed E-state index contributed by atoms with van der Waals surface area (Å²) >= 11 is 12.2. The van der Waals surface area contributed by atoms with E-state index in [-0.39, 0.29) is 6.61 Å². The van der Waals surface area contributed by atoms with Gasteiger partial charge in [-0.3, -0.25) is 0 Å². The maximum atomic E-state index is 12.5. The van der Waals surface area contributed by atoms with Crippen molar-refractivity contribution in [1.29, 1.82) is 0 Å². The van der Waals surface area contributed by atoms with Gasteiger partial charge in [-0.15, -0.1) is 0 Å². The van der Waals surface area contributed by atoms with Crippen molar-refractivity contribution >= 4 is 29.2 Å². The zero-order valence-electron chi connectivity index (χ0n) is 13.1. The van der Waals surface area contributed by atoms with Crippen LogP contribution < -0.4 is 4.74 Å². The standard InChI is InChI=1S/C20H14Cl2O3/c21-17-10-6-11-18(22)16(17)13-24-20(23)15-9-4-5-12-19(15)25-14-7-2-1-3-8-14/h1-12H,13H2. The van der Waals surface area contributed by atoms with Crippen LogP contribution in [0.15, 0.2) is 72.8 Å². The fraction of sp³-hybridized carbons (Fsp3) is 0.0500. The fourth-order valence-corrected chi connectivity index (χ4v) is 2.73. The van der Waals surface area contributed by atoms with Crippen molar-refractivity contribution in [3.05, 3.63) is 94.0 Å². The van der Waals surface area contributed by atoms with Crippen LogP contribution in [-0.4, -0.2) is 5.97 Å². The third-order valence-electron chi connectivity index (χ3n) is 3.49. The number of esters is 1. The fourth-order valence-electron chi connectivity index (χ4n) is 2.23. The lowest BCUT2D eigenvalue weighted by atomic mass is 10.2. The highest BCUT2D eigenvalue weighted by atomic mass is 35.5. The quantitative estimate of drug-likeness (QED) is 0.504. The van der Waals surface area contributed by atoms with Crippen LogP contribution in [0.1, 0.15) is 15.9 Å². The molecule has 0 aliphatic heterocycles. The van der Waals surface area contributed by atoms with E-state index in [4.69, 9.17) is 32.7 Å². The van der Waals surface area contributed by atoms with Crippen molar-refractivity contribution in [2.45, 2.75) is 6.61 Å². The Balaban J connectivity index is 1.76. The molecule has 0 unspecified atom stereocenters. The van der Waals surface area contributed by atoms with Gasteiger partial charge >= 0.3 is 5.97 Å². The first-order chi connectivity index (χ1) is 12.1. The Morgan fingerprint density at radius 2 is 1.44 bits per heavy atom. The molecule has 0 aliphatic rings. The van der Waals surface area contributed by atoms with Crippen molar-refractivity contribution in [1.82, 2.24) is 0 Å². The third-order valence-corrected chi connectivity index (χ3v) is 4.20. The maximum absolute atomic E-state index is 12.5. The third kappa shape index (κ3) is 4.32. The molecule has 0 heterocycles. The van der Waals surface area contributed by atoms with Crippen LogP contribution in [0.3, 0.4) is 0 Å². The van der Waals surface area contributed by atoms with Crippen molar-refractivity contribution in [2.24, 2.45) is 0 Å². The number of hydrogen-bond donors (Lipinski definition) is 0. The topological polar surface area (TPSA) is 35.5 Å². The molecule has 0 fully saturated rings. The van der Waals surface area contributed by atoms with E-state index in [1.54, 1.807) is 42.5 Å². The van der Waals surface area contributed by atoms with Gasteiger partial charge in [-0.2, -0.15) is 0 Å². The molecule has 5 heteroatoms. The summed E-state index contributed by atoms with van der Waals surface area (Å²) in [6.07, 6.45) is 0. The highest BCUT2D eigenvalue weighted by Crippen LogP contribution is 2.28. The second-order valence-electron chi connectivity index (χ2n) is 5.19. The molecule has 3 aromatic carbocycles. The molecule has 0 N–H and O–H groups in total. The van der Waals surface area contributed by atoms with Gasteiger partial charge in [0.2, 0.25) is 0 Å². The number of rotatable bonds is 5. The first-order valence-electron chi connectivity index (χ1n) is 7.57. The second kappa shape index (κ2) is 8.06. The summed E-state index contributed by atoms with van der Waals surface area (Å²) in [5.74, 6) is 0.545. The number of benzene rings is 3. The summed E-state index contributed by atoms with van der Waals surface area (Å²) < 4.78 is 11.1. The highest BCUT2D eigenvalue weighted by Gasteiger charge is 2.16. The van der Waals surface area contributed by atoms with Gasteiger partial charge in [0.1, 0.15) is 23.7 Å². The summed E-state index contributed by atoms with van der Waals surface area (Å²) in [5, 5.41) is 0.906. The van der Waals surface area contributed by atoms with Crippen molar-refractivity contribution in [3.63, 3.8) is 0 Å². The molecule has 25 heavy (non-hydrogen) atoms. The summed E-state index contributed by atoms with van der Waals surface area (Å²) in [7, 11) is 0. The molecule has 3 nitrogen and oxygen atoms in total. The lowest BCUT2D eigenvalue weighted by Crippen LogP contribution is -2.07.